The van der Waals surface area contributed by atoms with E-state index in [1.807, 2.05) is 6.92 Å². The van der Waals surface area contributed by atoms with Crippen LogP contribution in [0.3, 0.4) is 0 Å². The molecule has 0 aliphatic heterocycles. The molecule has 1 aromatic carbocycles. The van der Waals surface area contributed by atoms with Crippen molar-refractivity contribution in [3.05, 3.63) is 41.8 Å². The van der Waals surface area contributed by atoms with Crippen molar-refractivity contribution in [1.29, 1.82) is 0 Å². The third-order valence-corrected chi connectivity index (χ3v) is 5.14. The predicted octanol–water partition coefficient (Wildman–Crippen LogP) is 3.00. The molecule has 6 N–H and O–H groups in total. The normalized spacial score (nSPS) is 16.0. The lowest BCUT2D eigenvalue weighted by atomic mass is 9.77. The first-order valence-corrected chi connectivity index (χ1v) is 9.32. The second kappa shape index (κ2) is 8.43. The lowest BCUT2D eigenvalue weighted by Gasteiger charge is -2.37. The monoisotopic (exact) mass is 387 g/mol. The number of primary amides is 1. The van der Waals surface area contributed by atoms with Crippen LogP contribution < -0.4 is 26.8 Å². The number of anilines is 3. The van der Waals surface area contributed by atoms with Crippen LogP contribution in [-0.2, 0) is 0 Å². The van der Waals surface area contributed by atoms with E-state index in [1.165, 1.54) is 25.8 Å². The summed E-state index contributed by atoms with van der Waals surface area (Å²) < 4.78 is 20.0. The van der Waals surface area contributed by atoms with Gasteiger partial charge in [-0.3, -0.25) is 4.79 Å². The number of nitrogens with zero attached hydrogens (tertiary/aromatic N) is 1. The summed E-state index contributed by atoms with van der Waals surface area (Å²) in [6, 6.07) is 6.13. The molecular weight excluding hydrogens is 361 g/mol. The number of nitrogens with two attached hydrogens (primary N) is 2. The quantitative estimate of drug-likeness (QED) is 0.553. The highest BCUT2D eigenvalue weighted by molar-refractivity contribution is 5.98. The highest BCUT2D eigenvalue weighted by Crippen LogP contribution is 2.36. The number of amides is 1. The molecule has 0 radical (unpaired) electrons. The van der Waals surface area contributed by atoms with E-state index in [2.05, 4.69) is 15.6 Å². The minimum atomic E-state index is -0.606. The van der Waals surface area contributed by atoms with Gasteiger partial charge in [0.15, 0.2) is 11.6 Å². The largest absolute Gasteiger partial charge is 0.494 e. The standard InChI is InChI=1S/C20H26FN5O2/c1-11(22)18(12-5-3-6-12)26-15-9-13(10-16(28-2)17(15)21)25-20-14(19(23)27)7-4-8-24-20/h4,7-12,18,26H,3,5-6,22H2,1-2H3,(H2,23,27)(H,24,25)/t11-,18-/m0/s1. The number of carbonyl (C=O) groups excluding carboxylic acids is 1. The van der Waals surface area contributed by atoms with Crippen LogP contribution in [0.4, 0.5) is 21.6 Å². The van der Waals surface area contributed by atoms with Crippen molar-refractivity contribution in [2.75, 3.05) is 17.7 Å². The van der Waals surface area contributed by atoms with Gasteiger partial charge in [-0.2, -0.15) is 0 Å². The molecule has 3 rings (SSSR count). The van der Waals surface area contributed by atoms with Crippen molar-refractivity contribution >= 4 is 23.1 Å². The van der Waals surface area contributed by atoms with Gasteiger partial charge in [0.25, 0.3) is 5.91 Å². The van der Waals surface area contributed by atoms with Crippen molar-refractivity contribution in [2.24, 2.45) is 17.4 Å². The number of carbonyl (C=O) groups is 1. The molecule has 28 heavy (non-hydrogen) atoms. The molecule has 150 valence electrons. The van der Waals surface area contributed by atoms with Gasteiger partial charge in [-0.05, 0) is 43.9 Å². The Kier molecular flexibility index (Phi) is 5.99. The van der Waals surface area contributed by atoms with Crippen LogP contribution in [0.5, 0.6) is 5.75 Å². The Bertz CT molecular complexity index is 854. The maximum Gasteiger partial charge on any atom is 0.252 e. The smallest absolute Gasteiger partial charge is 0.252 e. The fourth-order valence-corrected chi connectivity index (χ4v) is 3.42. The molecule has 2 aromatic rings. The van der Waals surface area contributed by atoms with Crippen LogP contribution in [0, 0.1) is 11.7 Å². The molecule has 7 nitrogen and oxygen atoms in total. The van der Waals surface area contributed by atoms with Crippen LogP contribution >= 0.6 is 0 Å². The number of hydrogen-bond acceptors (Lipinski definition) is 6. The van der Waals surface area contributed by atoms with E-state index in [1.54, 1.807) is 18.2 Å². The Morgan fingerprint density at radius 1 is 1.39 bits per heavy atom. The minimum Gasteiger partial charge on any atom is -0.494 e. The average Bonchev–Trinajstić information content (AvgIpc) is 2.62. The third-order valence-electron chi connectivity index (χ3n) is 5.14. The summed E-state index contributed by atoms with van der Waals surface area (Å²) in [4.78, 5) is 15.8. The molecular formula is C20H26FN5O2. The van der Waals surface area contributed by atoms with E-state index in [0.717, 1.165) is 12.8 Å². The summed E-state index contributed by atoms with van der Waals surface area (Å²) in [5, 5.41) is 6.28. The van der Waals surface area contributed by atoms with Crippen LogP contribution in [0.2, 0.25) is 0 Å². The number of nitrogens with one attached hydrogen (secondary N) is 2. The Hall–Kier alpha value is -2.87. The van der Waals surface area contributed by atoms with E-state index in [-0.39, 0.29) is 34.9 Å². The molecule has 2 atom stereocenters. The van der Waals surface area contributed by atoms with Gasteiger partial charge in [-0.25, -0.2) is 9.37 Å². The first-order chi connectivity index (χ1) is 13.4. The number of aromatic nitrogens is 1. The van der Waals surface area contributed by atoms with Crippen molar-refractivity contribution in [3.63, 3.8) is 0 Å². The molecule has 0 saturated heterocycles. The first kappa shape index (κ1) is 19.9. The number of halogens is 1. The van der Waals surface area contributed by atoms with Gasteiger partial charge in [-0.1, -0.05) is 6.42 Å². The molecule has 0 unspecified atom stereocenters. The predicted molar refractivity (Wildman–Crippen MR) is 107 cm³/mol. The van der Waals surface area contributed by atoms with Gasteiger partial charge in [0.2, 0.25) is 0 Å². The SMILES string of the molecule is COc1cc(Nc2ncccc2C(N)=O)cc(N[C@H](C2CCC2)[C@H](C)N)c1F. The highest BCUT2D eigenvalue weighted by Gasteiger charge is 2.30. The topological polar surface area (TPSA) is 115 Å². The van der Waals surface area contributed by atoms with Crippen LogP contribution in [-0.4, -0.2) is 30.1 Å². The second-order valence-corrected chi connectivity index (χ2v) is 7.15. The Morgan fingerprint density at radius 3 is 2.71 bits per heavy atom. The van der Waals surface area contributed by atoms with Crippen molar-refractivity contribution in [3.8, 4) is 5.75 Å². The van der Waals surface area contributed by atoms with Gasteiger partial charge in [0.1, 0.15) is 5.82 Å². The van der Waals surface area contributed by atoms with E-state index < -0.39 is 11.7 Å². The minimum absolute atomic E-state index is 0.0424. The highest BCUT2D eigenvalue weighted by atomic mass is 19.1. The number of benzene rings is 1. The van der Waals surface area contributed by atoms with Crippen molar-refractivity contribution in [2.45, 2.75) is 38.3 Å². The lowest BCUT2D eigenvalue weighted by Crippen LogP contribution is -2.46. The molecule has 1 aromatic heterocycles. The number of methoxy groups -OCH3 is 1. The Morgan fingerprint density at radius 2 is 2.14 bits per heavy atom. The van der Waals surface area contributed by atoms with E-state index in [9.17, 15) is 9.18 Å². The molecule has 1 fully saturated rings. The Balaban J connectivity index is 1.93. The maximum atomic E-state index is 14.9. The second-order valence-electron chi connectivity index (χ2n) is 7.15. The molecule has 8 heteroatoms. The molecule has 1 heterocycles. The molecule has 1 saturated carbocycles. The van der Waals surface area contributed by atoms with E-state index >= 15 is 0 Å². The number of ether oxygens (including phenoxy) is 1. The maximum absolute atomic E-state index is 14.9. The zero-order valence-electron chi connectivity index (χ0n) is 16.0. The Labute approximate surface area is 163 Å². The summed E-state index contributed by atoms with van der Waals surface area (Å²) in [6.45, 7) is 1.92. The fourth-order valence-electron chi connectivity index (χ4n) is 3.42. The van der Waals surface area contributed by atoms with Crippen LogP contribution in [0.15, 0.2) is 30.5 Å². The summed E-state index contributed by atoms with van der Waals surface area (Å²) in [5.74, 6) is -0.322. The van der Waals surface area contributed by atoms with Gasteiger partial charge >= 0.3 is 0 Å². The van der Waals surface area contributed by atoms with Gasteiger partial charge in [0, 0.05) is 30.0 Å². The van der Waals surface area contributed by atoms with Crippen LogP contribution in [0.1, 0.15) is 36.5 Å². The third kappa shape index (κ3) is 4.17. The molecule has 1 aliphatic rings. The zero-order chi connectivity index (χ0) is 20.3. The molecule has 0 spiro atoms. The van der Waals surface area contributed by atoms with E-state index in [0.29, 0.717) is 11.6 Å². The number of hydrogen-bond donors (Lipinski definition) is 4. The molecule has 1 amide bonds. The summed E-state index contributed by atoms with van der Waals surface area (Å²) in [6.07, 6.45) is 4.85. The van der Waals surface area contributed by atoms with Crippen molar-refractivity contribution in [1.82, 2.24) is 4.98 Å². The number of pyridine rings is 1. The molecule has 0 bridgehead atoms. The summed E-state index contributed by atoms with van der Waals surface area (Å²) in [5.41, 5.74) is 12.6. The van der Waals surface area contributed by atoms with E-state index in [4.69, 9.17) is 16.2 Å². The fraction of sp³-hybridized carbons (Fsp3) is 0.400. The summed E-state index contributed by atoms with van der Waals surface area (Å²) in [7, 11) is 1.40. The summed E-state index contributed by atoms with van der Waals surface area (Å²) >= 11 is 0. The first-order valence-electron chi connectivity index (χ1n) is 9.32. The van der Waals surface area contributed by atoms with Gasteiger partial charge < -0.3 is 26.8 Å². The number of rotatable bonds is 8. The lowest BCUT2D eigenvalue weighted by molar-refractivity contribution is 0.100. The molecule has 1 aliphatic carbocycles. The van der Waals surface area contributed by atoms with Gasteiger partial charge in [-0.15, -0.1) is 0 Å². The van der Waals surface area contributed by atoms with Gasteiger partial charge in [0.05, 0.1) is 18.4 Å². The average molecular weight is 387 g/mol. The van der Waals surface area contributed by atoms with Crippen LogP contribution in [0.25, 0.3) is 0 Å². The zero-order valence-corrected chi connectivity index (χ0v) is 16.0. The van der Waals surface area contributed by atoms with Crippen molar-refractivity contribution < 1.29 is 13.9 Å².